The van der Waals surface area contributed by atoms with Crippen LogP contribution >= 0.6 is 0 Å². The molecule has 1 heterocycles. The van der Waals surface area contributed by atoms with E-state index in [0.717, 1.165) is 0 Å². The molecule has 0 saturated carbocycles. The lowest BCUT2D eigenvalue weighted by molar-refractivity contribution is 0.0697. The van der Waals surface area contributed by atoms with E-state index in [1.807, 2.05) is 20.8 Å². The standard InChI is InChI=1S/C19H30N2O6S/c1-5-25-16-13-15(14-17(26-6-2)18(16)27-7-3)19(22)20-9-11-21(12-10-20)28(23,24)8-4/h13-14H,5-12H2,1-4H3. The fourth-order valence-corrected chi connectivity index (χ4v) is 4.13. The highest BCUT2D eigenvalue weighted by molar-refractivity contribution is 7.89. The Balaban J connectivity index is 2.25. The van der Waals surface area contributed by atoms with E-state index < -0.39 is 10.0 Å². The molecule has 9 heteroatoms. The number of nitrogens with zero attached hydrogens (tertiary/aromatic N) is 2. The van der Waals surface area contributed by atoms with Crippen molar-refractivity contribution in [3.8, 4) is 17.2 Å². The van der Waals surface area contributed by atoms with E-state index in [1.54, 1.807) is 24.0 Å². The highest BCUT2D eigenvalue weighted by Gasteiger charge is 2.29. The molecule has 8 nitrogen and oxygen atoms in total. The van der Waals surface area contributed by atoms with Gasteiger partial charge in [-0.05, 0) is 39.8 Å². The Morgan fingerprint density at radius 3 is 1.82 bits per heavy atom. The number of amides is 1. The van der Waals surface area contributed by atoms with Crippen molar-refractivity contribution in [3.05, 3.63) is 17.7 Å². The lowest BCUT2D eigenvalue weighted by atomic mass is 10.1. The van der Waals surface area contributed by atoms with Gasteiger partial charge in [0.05, 0.1) is 25.6 Å². The number of rotatable bonds is 9. The maximum Gasteiger partial charge on any atom is 0.254 e. The average Bonchev–Trinajstić information content (AvgIpc) is 2.70. The van der Waals surface area contributed by atoms with E-state index in [4.69, 9.17) is 14.2 Å². The Kier molecular flexibility index (Phi) is 7.94. The van der Waals surface area contributed by atoms with Crippen molar-refractivity contribution in [1.82, 2.24) is 9.21 Å². The minimum Gasteiger partial charge on any atom is -0.490 e. The van der Waals surface area contributed by atoms with Crippen molar-refractivity contribution >= 4 is 15.9 Å². The smallest absolute Gasteiger partial charge is 0.254 e. The summed E-state index contributed by atoms with van der Waals surface area (Å²) < 4.78 is 42.5. The highest BCUT2D eigenvalue weighted by Crippen LogP contribution is 2.39. The Hall–Kier alpha value is -2.00. The van der Waals surface area contributed by atoms with E-state index in [1.165, 1.54) is 4.31 Å². The third-order valence-corrected chi connectivity index (χ3v) is 6.32. The SMILES string of the molecule is CCOc1cc(C(=O)N2CCN(S(=O)(=O)CC)CC2)cc(OCC)c1OCC. The first kappa shape index (κ1) is 22.3. The summed E-state index contributed by atoms with van der Waals surface area (Å²) in [5.74, 6) is 1.30. The van der Waals surface area contributed by atoms with Gasteiger partial charge in [-0.1, -0.05) is 0 Å². The van der Waals surface area contributed by atoms with Crippen LogP contribution in [0.25, 0.3) is 0 Å². The summed E-state index contributed by atoms with van der Waals surface area (Å²) in [6.07, 6.45) is 0. The second-order valence-electron chi connectivity index (χ2n) is 6.19. The van der Waals surface area contributed by atoms with Crippen molar-refractivity contribution in [3.63, 3.8) is 0 Å². The molecule has 0 aromatic heterocycles. The fraction of sp³-hybridized carbons (Fsp3) is 0.632. The van der Waals surface area contributed by atoms with Gasteiger partial charge in [0.15, 0.2) is 11.5 Å². The molecule has 1 amide bonds. The molecule has 158 valence electrons. The lowest BCUT2D eigenvalue weighted by Gasteiger charge is -2.34. The molecule has 2 rings (SSSR count). The Morgan fingerprint density at radius 1 is 0.893 bits per heavy atom. The summed E-state index contributed by atoms with van der Waals surface area (Å²) in [6, 6.07) is 3.32. The minimum absolute atomic E-state index is 0.0648. The molecule has 1 saturated heterocycles. The summed E-state index contributed by atoms with van der Waals surface area (Å²) in [7, 11) is -3.24. The second kappa shape index (κ2) is 9.97. The van der Waals surface area contributed by atoms with Crippen molar-refractivity contribution in [2.45, 2.75) is 27.7 Å². The van der Waals surface area contributed by atoms with E-state index in [2.05, 4.69) is 0 Å². The first-order valence-corrected chi connectivity index (χ1v) is 11.3. The van der Waals surface area contributed by atoms with Gasteiger partial charge < -0.3 is 19.1 Å². The Labute approximate surface area is 167 Å². The molecule has 1 aliphatic heterocycles. The molecule has 1 fully saturated rings. The molecule has 0 atom stereocenters. The van der Waals surface area contributed by atoms with Crippen LogP contribution in [0.3, 0.4) is 0 Å². The van der Waals surface area contributed by atoms with Gasteiger partial charge in [-0.3, -0.25) is 4.79 Å². The van der Waals surface area contributed by atoms with Crippen LogP contribution in [0.15, 0.2) is 12.1 Å². The number of hydrogen-bond donors (Lipinski definition) is 0. The number of benzene rings is 1. The van der Waals surface area contributed by atoms with Gasteiger partial charge >= 0.3 is 0 Å². The lowest BCUT2D eigenvalue weighted by Crippen LogP contribution is -2.50. The van der Waals surface area contributed by atoms with Crippen molar-refractivity contribution in [2.75, 3.05) is 51.8 Å². The van der Waals surface area contributed by atoms with Crippen LogP contribution in [0.2, 0.25) is 0 Å². The van der Waals surface area contributed by atoms with Crippen LogP contribution in [0, 0.1) is 0 Å². The molecular formula is C19H30N2O6S. The third-order valence-electron chi connectivity index (χ3n) is 4.44. The third kappa shape index (κ3) is 5.08. The molecule has 0 aliphatic carbocycles. The second-order valence-corrected chi connectivity index (χ2v) is 8.45. The minimum atomic E-state index is -3.24. The molecule has 0 spiro atoms. The van der Waals surface area contributed by atoms with E-state index >= 15 is 0 Å². The molecule has 0 radical (unpaired) electrons. The predicted molar refractivity (Wildman–Crippen MR) is 107 cm³/mol. The largest absolute Gasteiger partial charge is 0.490 e. The van der Waals surface area contributed by atoms with Crippen molar-refractivity contribution in [1.29, 1.82) is 0 Å². The van der Waals surface area contributed by atoms with Crippen LogP contribution < -0.4 is 14.2 Å². The van der Waals surface area contributed by atoms with E-state index in [9.17, 15) is 13.2 Å². The maximum atomic E-state index is 13.0. The monoisotopic (exact) mass is 414 g/mol. The summed E-state index contributed by atoms with van der Waals surface area (Å²) in [5, 5.41) is 0. The average molecular weight is 415 g/mol. The number of ether oxygens (including phenoxy) is 3. The highest BCUT2D eigenvalue weighted by atomic mass is 32.2. The van der Waals surface area contributed by atoms with Crippen LogP contribution in [0.4, 0.5) is 0 Å². The number of carbonyl (C=O) groups excluding carboxylic acids is 1. The van der Waals surface area contributed by atoms with E-state index in [0.29, 0.717) is 68.8 Å². The quantitative estimate of drug-likeness (QED) is 0.614. The first-order valence-electron chi connectivity index (χ1n) is 9.71. The van der Waals surface area contributed by atoms with Crippen molar-refractivity contribution < 1.29 is 27.4 Å². The Morgan fingerprint density at radius 2 is 1.39 bits per heavy atom. The maximum absolute atomic E-state index is 13.0. The van der Waals surface area contributed by atoms with E-state index in [-0.39, 0.29) is 11.7 Å². The topological polar surface area (TPSA) is 85.4 Å². The molecule has 1 aromatic rings. The number of piperazine rings is 1. The summed E-state index contributed by atoms with van der Waals surface area (Å²) in [5.41, 5.74) is 0.433. The molecular weight excluding hydrogens is 384 g/mol. The zero-order chi connectivity index (χ0) is 20.7. The van der Waals surface area contributed by atoms with Crippen LogP contribution in [0.1, 0.15) is 38.1 Å². The molecule has 0 N–H and O–H groups in total. The molecule has 1 aliphatic rings. The van der Waals surface area contributed by atoms with Crippen LogP contribution in [0.5, 0.6) is 17.2 Å². The number of sulfonamides is 1. The van der Waals surface area contributed by atoms with Gasteiger partial charge in [-0.25, -0.2) is 8.42 Å². The van der Waals surface area contributed by atoms with Crippen LogP contribution in [-0.4, -0.2) is 75.3 Å². The van der Waals surface area contributed by atoms with Gasteiger partial charge in [0.2, 0.25) is 15.8 Å². The molecule has 28 heavy (non-hydrogen) atoms. The molecule has 1 aromatic carbocycles. The van der Waals surface area contributed by atoms with Gasteiger partial charge in [0, 0.05) is 31.7 Å². The first-order chi connectivity index (χ1) is 13.4. The molecule has 0 bridgehead atoms. The number of hydrogen-bond acceptors (Lipinski definition) is 6. The van der Waals surface area contributed by atoms with Gasteiger partial charge in [0.1, 0.15) is 0 Å². The Bertz CT molecular complexity index is 746. The van der Waals surface area contributed by atoms with Gasteiger partial charge in [-0.15, -0.1) is 0 Å². The molecule has 0 unspecified atom stereocenters. The van der Waals surface area contributed by atoms with Gasteiger partial charge in [0.25, 0.3) is 5.91 Å². The normalized spacial score (nSPS) is 15.4. The van der Waals surface area contributed by atoms with Gasteiger partial charge in [-0.2, -0.15) is 4.31 Å². The fourth-order valence-electron chi connectivity index (χ4n) is 3.05. The zero-order valence-electron chi connectivity index (χ0n) is 17.1. The zero-order valence-corrected chi connectivity index (χ0v) is 17.9. The van der Waals surface area contributed by atoms with Crippen molar-refractivity contribution in [2.24, 2.45) is 0 Å². The number of carbonyl (C=O) groups is 1. The summed E-state index contributed by atoms with van der Waals surface area (Å²) in [6.45, 7) is 9.81. The summed E-state index contributed by atoms with van der Waals surface area (Å²) in [4.78, 5) is 14.7. The predicted octanol–water partition coefficient (Wildman–Crippen LogP) is 1.99. The summed E-state index contributed by atoms with van der Waals surface area (Å²) >= 11 is 0. The van der Waals surface area contributed by atoms with Crippen LogP contribution in [-0.2, 0) is 10.0 Å².